The molecule has 8 aromatic carbocycles. The molecule has 2 aliphatic rings. The SMILES string of the molecule is Cc1cc(C(C)(C)C)ccc1N1c2cc3c(cc2Bc2c1cc1ccccc1c2-c1c(Nc2ccc(C(C)(C)C)cc2)ccc2ccccc12)-c1ccccc1C3(C)C. The molecular formula is C56H53BN2. The van der Waals surface area contributed by atoms with Gasteiger partial charge >= 0.3 is 0 Å². The van der Waals surface area contributed by atoms with Crippen LogP contribution in [0.5, 0.6) is 0 Å². The molecule has 10 rings (SSSR count). The third kappa shape index (κ3) is 6.00. The molecule has 0 bridgehead atoms. The predicted octanol–water partition coefficient (Wildman–Crippen LogP) is 13.8. The molecule has 0 saturated carbocycles. The molecule has 0 amide bonds. The van der Waals surface area contributed by atoms with Gasteiger partial charge in [0.1, 0.15) is 0 Å². The van der Waals surface area contributed by atoms with Gasteiger partial charge in [-0.2, -0.15) is 0 Å². The highest BCUT2D eigenvalue weighted by Crippen LogP contribution is 2.52. The normalized spacial score (nSPS) is 14.1. The molecule has 0 aromatic heterocycles. The number of rotatable bonds is 4. The average Bonchev–Trinajstić information content (AvgIpc) is 3.43. The lowest BCUT2D eigenvalue weighted by atomic mass is 9.57. The molecule has 1 aliphatic carbocycles. The fourth-order valence-electron chi connectivity index (χ4n) is 9.98. The second kappa shape index (κ2) is 13.2. The molecule has 2 nitrogen and oxygen atoms in total. The zero-order valence-corrected chi connectivity index (χ0v) is 36.0. The minimum atomic E-state index is -0.110. The van der Waals surface area contributed by atoms with E-state index in [1.807, 2.05) is 0 Å². The number of aryl methyl sites for hydroxylation is 1. The van der Waals surface area contributed by atoms with Crippen molar-refractivity contribution in [1.82, 2.24) is 0 Å². The van der Waals surface area contributed by atoms with E-state index in [-0.39, 0.29) is 16.2 Å². The number of fused-ring (bicyclic) bond motifs is 7. The molecule has 0 unspecified atom stereocenters. The second-order valence-corrected chi connectivity index (χ2v) is 19.6. The van der Waals surface area contributed by atoms with E-state index < -0.39 is 0 Å². The molecule has 1 heterocycles. The summed E-state index contributed by atoms with van der Waals surface area (Å²) in [6.07, 6.45) is 0. The molecule has 0 radical (unpaired) electrons. The maximum Gasteiger partial charge on any atom is 0.198 e. The monoisotopic (exact) mass is 764 g/mol. The molecule has 0 atom stereocenters. The summed E-state index contributed by atoms with van der Waals surface area (Å²) >= 11 is 0. The summed E-state index contributed by atoms with van der Waals surface area (Å²) in [4.78, 5) is 2.61. The van der Waals surface area contributed by atoms with E-state index in [0.717, 1.165) is 18.7 Å². The first-order valence-corrected chi connectivity index (χ1v) is 21.3. The van der Waals surface area contributed by atoms with Gasteiger partial charge < -0.3 is 10.2 Å². The van der Waals surface area contributed by atoms with E-state index in [4.69, 9.17) is 0 Å². The Hall–Kier alpha value is -6.06. The van der Waals surface area contributed by atoms with Crippen LogP contribution in [0.25, 0.3) is 43.8 Å². The zero-order valence-electron chi connectivity index (χ0n) is 36.0. The van der Waals surface area contributed by atoms with Gasteiger partial charge in [0.15, 0.2) is 7.28 Å². The van der Waals surface area contributed by atoms with E-state index in [2.05, 4.69) is 218 Å². The van der Waals surface area contributed by atoms with Crippen LogP contribution in [0.1, 0.15) is 83.2 Å². The molecule has 0 saturated heterocycles. The van der Waals surface area contributed by atoms with E-state index >= 15 is 0 Å². The van der Waals surface area contributed by atoms with Crippen molar-refractivity contribution in [2.24, 2.45) is 0 Å². The average molecular weight is 765 g/mol. The zero-order chi connectivity index (χ0) is 41.0. The smallest absolute Gasteiger partial charge is 0.198 e. The Morgan fingerprint density at radius 3 is 1.88 bits per heavy atom. The lowest BCUT2D eigenvalue weighted by Gasteiger charge is -2.38. The van der Waals surface area contributed by atoms with Gasteiger partial charge in [-0.1, -0.05) is 170 Å². The van der Waals surface area contributed by atoms with Crippen LogP contribution in [0, 0.1) is 6.92 Å². The van der Waals surface area contributed by atoms with Gasteiger partial charge in [-0.25, -0.2) is 0 Å². The highest BCUT2D eigenvalue weighted by Gasteiger charge is 2.39. The van der Waals surface area contributed by atoms with Crippen molar-refractivity contribution in [3.63, 3.8) is 0 Å². The number of nitrogens with one attached hydrogen (secondary N) is 1. The topological polar surface area (TPSA) is 15.3 Å². The Labute approximate surface area is 351 Å². The van der Waals surface area contributed by atoms with Crippen molar-refractivity contribution in [3.8, 4) is 22.3 Å². The Balaban J connectivity index is 1.28. The van der Waals surface area contributed by atoms with E-state index in [1.165, 1.54) is 99.6 Å². The van der Waals surface area contributed by atoms with E-state index in [1.54, 1.807) is 0 Å². The molecular weight excluding hydrogens is 711 g/mol. The Morgan fingerprint density at radius 2 is 1.17 bits per heavy atom. The van der Waals surface area contributed by atoms with Crippen LogP contribution >= 0.6 is 0 Å². The summed E-state index contributed by atoms with van der Waals surface area (Å²) < 4.78 is 0. The fourth-order valence-corrected chi connectivity index (χ4v) is 9.98. The summed E-state index contributed by atoms with van der Waals surface area (Å²) in [5.74, 6) is 0. The first kappa shape index (κ1) is 37.2. The van der Waals surface area contributed by atoms with Gasteiger partial charge in [0.05, 0.1) is 0 Å². The van der Waals surface area contributed by atoms with Gasteiger partial charge in [-0.05, 0) is 126 Å². The van der Waals surface area contributed by atoms with E-state index in [9.17, 15) is 0 Å². The van der Waals surface area contributed by atoms with Crippen molar-refractivity contribution in [3.05, 3.63) is 173 Å². The van der Waals surface area contributed by atoms with Crippen LogP contribution in [0.15, 0.2) is 146 Å². The van der Waals surface area contributed by atoms with Crippen molar-refractivity contribution in [2.45, 2.75) is 78.6 Å². The highest BCUT2D eigenvalue weighted by molar-refractivity contribution is 6.74. The second-order valence-electron chi connectivity index (χ2n) is 19.6. The van der Waals surface area contributed by atoms with Gasteiger partial charge in [-0.15, -0.1) is 0 Å². The summed E-state index contributed by atoms with van der Waals surface area (Å²) in [7, 11) is 0.819. The lowest BCUT2D eigenvalue weighted by Crippen LogP contribution is -2.41. The van der Waals surface area contributed by atoms with Crippen LogP contribution in [0.2, 0.25) is 0 Å². The first-order valence-electron chi connectivity index (χ1n) is 21.3. The fraction of sp³-hybridized carbons (Fsp3) is 0.214. The summed E-state index contributed by atoms with van der Waals surface area (Å²) in [6, 6.07) is 55.2. The van der Waals surface area contributed by atoms with Gasteiger partial charge in [0.25, 0.3) is 0 Å². The van der Waals surface area contributed by atoms with Crippen LogP contribution in [-0.4, -0.2) is 7.28 Å². The number of nitrogens with zero attached hydrogens (tertiary/aromatic N) is 1. The summed E-state index contributed by atoms with van der Waals surface area (Å²) in [5, 5.41) is 8.93. The molecule has 1 aliphatic heterocycles. The number of hydrogen-bond acceptors (Lipinski definition) is 2. The van der Waals surface area contributed by atoms with Crippen molar-refractivity contribution in [2.75, 3.05) is 10.2 Å². The van der Waals surface area contributed by atoms with Crippen LogP contribution in [0.4, 0.5) is 28.4 Å². The molecule has 1 N–H and O–H groups in total. The number of hydrogen-bond donors (Lipinski definition) is 1. The quantitative estimate of drug-likeness (QED) is 0.180. The third-order valence-electron chi connectivity index (χ3n) is 13.3. The summed E-state index contributed by atoms with van der Waals surface area (Å²) in [6.45, 7) is 20.8. The lowest BCUT2D eigenvalue weighted by molar-refractivity contribution is 0.589. The maximum atomic E-state index is 3.95. The predicted molar refractivity (Wildman–Crippen MR) is 257 cm³/mol. The maximum absolute atomic E-state index is 3.95. The van der Waals surface area contributed by atoms with Crippen LogP contribution in [0.3, 0.4) is 0 Å². The molecule has 0 fully saturated rings. The van der Waals surface area contributed by atoms with E-state index in [0.29, 0.717) is 0 Å². The molecule has 0 spiro atoms. The molecule has 59 heavy (non-hydrogen) atoms. The highest BCUT2D eigenvalue weighted by atomic mass is 15.2. The Bertz CT molecular complexity index is 2990. The largest absolute Gasteiger partial charge is 0.355 e. The number of anilines is 5. The Kier molecular flexibility index (Phi) is 8.35. The molecule has 3 heteroatoms. The summed E-state index contributed by atoms with van der Waals surface area (Å²) in [5.41, 5.74) is 20.7. The minimum absolute atomic E-state index is 0.0475. The van der Waals surface area contributed by atoms with Gasteiger partial charge in [-0.3, -0.25) is 0 Å². The third-order valence-corrected chi connectivity index (χ3v) is 13.3. The van der Waals surface area contributed by atoms with Crippen molar-refractivity contribution in [1.29, 1.82) is 0 Å². The Morgan fingerprint density at radius 1 is 0.525 bits per heavy atom. The standard InChI is InChI=1S/C56H53BN2/c1-34-30-38(55(5,6)7)25-29-48(34)59-49-33-45-43(42-20-14-15-21-44(42)56(45,8)9)32-46(49)57-53-50(59)31-36-17-11-13-19-41(36)52(53)51-40-18-12-10-16-35(40)22-28-47(51)58-39-26-23-37(24-27-39)54(2,3)4/h10-33,57-58H,1-9H3. The van der Waals surface area contributed by atoms with Crippen LogP contribution in [-0.2, 0) is 16.2 Å². The van der Waals surface area contributed by atoms with Crippen molar-refractivity contribution < 1.29 is 0 Å². The van der Waals surface area contributed by atoms with Crippen LogP contribution < -0.4 is 21.1 Å². The first-order chi connectivity index (χ1) is 28.2. The van der Waals surface area contributed by atoms with Crippen molar-refractivity contribution >= 4 is 68.2 Å². The minimum Gasteiger partial charge on any atom is -0.355 e. The molecule has 290 valence electrons. The van der Waals surface area contributed by atoms with Gasteiger partial charge in [0.2, 0.25) is 0 Å². The van der Waals surface area contributed by atoms with Gasteiger partial charge in [0, 0.05) is 39.4 Å². The number of benzene rings is 8. The molecule has 8 aromatic rings.